The third-order valence-corrected chi connectivity index (χ3v) is 5.51. The van der Waals surface area contributed by atoms with Crippen LogP contribution in [-0.2, 0) is 11.3 Å². The number of carbonyl (C=O) groups is 1. The van der Waals surface area contributed by atoms with Gasteiger partial charge >= 0.3 is 0 Å². The molecule has 29 heavy (non-hydrogen) atoms. The molecule has 7 heteroatoms. The fourth-order valence-corrected chi connectivity index (χ4v) is 3.85. The second-order valence-electron chi connectivity index (χ2n) is 7.60. The lowest BCUT2D eigenvalue weighted by molar-refractivity contribution is -0.127. The summed E-state index contributed by atoms with van der Waals surface area (Å²) in [5, 5.41) is 3.67. The summed E-state index contributed by atoms with van der Waals surface area (Å²) in [5.74, 6) is 1.72. The summed E-state index contributed by atoms with van der Waals surface area (Å²) in [7, 11) is 0. The molecule has 1 saturated heterocycles. The molecule has 0 aromatic heterocycles. The molecule has 2 heterocycles. The van der Waals surface area contributed by atoms with Crippen molar-refractivity contribution in [2.75, 3.05) is 39.4 Å². The van der Waals surface area contributed by atoms with Crippen molar-refractivity contribution in [3.05, 3.63) is 35.7 Å². The molecule has 0 unspecified atom stereocenters. The third kappa shape index (κ3) is 6.05. The number of amides is 1. The number of ether oxygens (including phenoxy) is 2. The lowest BCUT2D eigenvalue weighted by Gasteiger charge is -2.34. The minimum absolute atomic E-state index is 0.0402. The number of benzene rings is 1. The molecule has 158 valence electrons. The van der Waals surface area contributed by atoms with E-state index in [1.165, 1.54) is 5.56 Å². The number of piperidine rings is 1. The first kappa shape index (κ1) is 21.3. The third-order valence-electron chi connectivity index (χ3n) is 5.51. The highest BCUT2D eigenvalue weighted by molar-refractivity contribution is 5.75. The first-order chi connectivity index (χ1) is 14.1. The highest BCUT2D eigenvalue weighted by atomic mass is 16.6. The molecule has 0 radical (unpaired) electrons. The lowest BCUT2D eigenvalue weighted by atomic mass is 10.0. The fraction of sp³-hybridized carbons (Fsp3) is 0.545. The van der Waals surface area contributed by atoms with Crippen LogP contribution in [0.5, 0.6) is 11.5 Å². The number of likely N-dealkylation sites (tertiary alicyclic amines) is 1. The zero-order valence-electron chi connectivity index (χ0n) is 17.5. The Kier molecular flexibility index (Phi) is 7.66. The average molecular weight is 401 g/mol. The number of fused-ring (bicyclic) bond motifs is 1. The van der Waals surface area contributed by atoms with Crippen molar-refractivity contribution in [1.29, 1.82) is 0 Å². The van der Waals surface area contributed by atoms with E-state index in [-0.39, 0.29) is 5.91 Å². The summed E-state index contributed by atoms with van der Waals surface area (Å²) >= 11 is 0. The summed E-state index contributed by atoms with van der Waals surface area (Å²) in [6, 6.07) is 6.67. The van der Waals surface area contributed by atoms with Crippen molar-refractivity contribution in [2.45, 2.75) is 39.3 Å². The van der Waals surface area contributed by atoms with Crippen molar-refractivity contribution in [1.82, 2.24) is 15.1 Å². The summed E-state index contributed by atoms with van der Waals surface area (Å²) in [6.07, 6.45) is 3.84. The highest BCUT2D eigenvalue weighted by Gasteiger charge is 2.20. The molecule has 1 amide bonds. The van der Waals surface area contributed by atoms with Gasteiger partial charge in [0.2, 0.25) is 5.91 Å². The Bertz CT molecular complexity index is 742. The van der Waals surface area contributed by atoms with Gasteiger partial charge in [-0.2, -0.15) is 0 Å². The number of carbonyl (C=O) groups excluding carboxylic acids is 1. The first-order valence-corrected chi connectivity index (χ1v) is 10.3. The van der Waals surface area contributed by atoms with Gasteiger partial charge in [-0.25, -0.2) is 0 Å². The van der Waals surface area contributed by atoms with Crippen molar-refractivity contribution in [3.8, 4) is 11.5 Å². The van der Waals surface area contributed by atoms with Crippen LogP contribution in [0.2, 0.25) is 0 Å². The molecule has 0 spiro atoms. The minimum atomic E-state index is 0.0402. The van der Waals surface area contributed by atoms with Gasteiger partial charge in [0.05, 0.1) is 0 Å². The first-order valence-electron chi connectivity index (χ1n) is 10.3. The van der Waals surface area contributed by atoms with Crippen LogP contribution in [0.1, 0.15) is 32.3 Å². The van der Waals surface area contributed by atoms with Crippen LogP contribution in [0.25, 0.3) is 0 Å². The summed E-state index contributed by atoms with van der Waals surface area (Å²) in [6.45, 7) is 12.6. The van der Waals surface area contributed by atoms with Gasteiger partial charge in [0.15, 0.2) is 11.5 Å². The van der Waals surface area contributed by atoms with Gasteiger partial charge in [-0.15, -0.1) is 0 Å². The standard InChI is InChI=1S/C22H32N4O3/c1-17(15-23-3)26(18(2)27)11-10-25-8-6-20(7-9-25)24-16-19-4-5-21-22(14-19)29-13-12-28-21/h4-5,14-15,20,24H,3,6-13,16H2,1-2H3/b17-15+. The van der Waals surface area contributed by atoms with Crippen LogP contribution < -0.4 is 14.8 Å². The van der Waals surface area contributed by atoms with Crippen LogP contribution in [0.15, 0.2) is 35.1 Å². The number of hydrogen-bond acceptors (Lipinski definition) is 6. The Morgan fingerprint density at radius 1 is 1.28 bits per heavy atom. The van der Waals surface area contributed by atoms with Crippen LogP contribution in [0.3, 0.4) is 0 Å². The molecule has 0 saturated carbocycles. The predicted molar refractivity (Wildman–Crippen MR) is 114 cm³/mol. The van der Waals surface area contributed by atoms with Crippen LogP contribution in [0, 0.1) is 0 Å². The minimum Gasteiger partial charge on any atom is -0.486 e. The van der Waals surface area contributed by atoms with E-state index in [0.717, 1.165) is 56.2 Å². The van der Waals surface area contributed by atoms with E-state index in [0.29, 0.717) is 25.8 Å². The zero-order chi connectivity index (χ0) is 20.6. The second-order valence-corrected chi connectivity index (χ2v) is 7.60. The largest absolute Gasteiger partial charge is 0.486 e. The molecule has 0 atom stereocenters. The molecule has 1 aromatic carbocycles. The van der Waals surface area contributed by atoms with Crippen molar-refractivity contribution in [3.63, 3.8) is 0 Å². The van der Waals surface area contributed by atoms with Gasteiger partial charge < -0.3 is 24.6 Å². The van der Waals surface area contributed by atoms with Gasteiger partial charge in [-0.1, -0.05) is 6.07 Å². The molecular formula is C22H32N4O3. The topological polar surface area (TPSA) is 66.4 Å². The number of allylic oxidation sites excluding steroid dienone is 1. The highest BCUT2D eigenvalue weighted by Crippen LogP contribution is 2.30. The van der Waals surface area contributed by atoms with E-state index in [1.807, 2.05) is 13.0 Å². The maximum absolute atomic E-state index is 11.9. The Hall–Kier alpha value is -2.38. The number of hydrogen-bond donors (Lipinski definition) is 1. The predicted octanol–water partition coefficient (Wildman–Crippen LogP) is 2.42. The zero-order valence-corrected chi connectivity index (χ0v) is 17.5. The average Bonchev–Trinajstić information content (AvgIpc) is 2.73. The van der Waals surface area contributed by atoms with E-state index in [1.54, 1.807) is 18.0 Å². The van der Waals surface area contributed by atoms with E-state index < -0.39 is 0 Å². The van der Waals surface area contributed by atoms with E-state index >= 15 is 0 Å². The van der Waals surface area contributed by atoms with Gasteiger partial charge in [-0.3, -0.25) is 9.79 Å². The van der Waals surface area contributed by atoms with Crippen LogP contribution in [-0.4, -0.2) is 67.9 Å². The van der Waals surface area contributed by atoms with Crippen molar-refractivity contribution < 1.29 is 14.3 Å². The van der Waals surface area contributed by atoms with Crippen LogP contribution >= 0.6 is 0 Å². The monoisotopic (exact) mass is 400 g/mol. The maximum atomic E-state index is 11.9. The summed E-state index contributed by atoms with van der Waals surface area (Å²) < 4.78 is 11.2. The number of nitrogens with zero attached hydrogens (tertiary/aromatic N) is 3. The molecule has 1 fully saturated rings. The molecule has 2 aliphatic heterocycles. The Morgan fingerprint density at radius 3 is 2.69 bits per heavy atom. The Morgan fingerprint density at radius 2 is 2.00 bits per heavy atom. The quantitative estimate of drug-likeness (QED) is 0.679. The van der Waals surface area contributed by atoms with Crippen molar-refractivity contribution >= 4 is 12.6 Å². The number of aliphatic imine (C=N–C) groups is 1. The van der Waals surface area contributed by atoms with E-state index in [9.17, 15) is 4.79 Å². The molecule has 7 nitrogen and oxygen atoms in total. The van der Waals surface area contributed by atoms with Gasteiger partial charge in [0.1, 0.15) is 13.2 Å². The summed E-state index contributed by atoms with van der Waals surface area (Å²) in [5.41, 5.74) is 2.05. The van der Waals surface area contributed by atoms with Gasteiger partial charge in [0, 0.05) is 44.5 Å². The van der Waals surface area contributed by atoms with Crippen molar-refractivity contribution in [2.24, 2.45) is 4.99 Å². The Labute approximate surface area is 173 Å². The smallest absolute Gasteiger partial charge is 0.223 e. The van der Waals surface area contributed by atoms with Crippen LogP contribution in [0.4, 0.5) is 0 Å². The molecule has 1 N–H and O–H groups in total. The molecule has 2 aliphatic rings. The molecular weight excluding hydrogens is 368 g/mol. The fourth-order valence-electron chi connectivity index (χ4n) is 3.85. The van der Waals surface area contributed by atoms with E-state index in [4.69, 9.17) is 9.47 Å². The SMILES string of the molecule is C=N/C=C(\C)N(CCN1CCC(NCc2ccc3c(c2)OCCO3)CC1)C(C)=O. The van der Waals surface area contributed by atoms with E-state index in [2.05, 4.69) is 34.1 Å². The van der Waals surface area contributed by atoms with Gasteiger partial charge in [0.25, 0.3) is 0 Å². The molecule has 0 aliphatic carbocycles. The second kappa shape index (κ2) is 10.4. The number of nitrogens with one attached hydrogen (secondary N) is 1. The Balaban J connectivity index is 1.40. The molecule has 3 rings (SSSR count). The molecule has 1 aromatic rings. The molecule has 0 bridgehead atoms. The van der Waals surface area contributed by atoms with Gasteiger partial charge in [-0.05, 0) is 57.3 Å². The number of rotatable bonds is 8. The maximum Gasteiger partial charge on any atom is 0.223 e. The lowest BCUT2D eigenvalue weighted by Crippen LogP contribution is -2.45. The summed E-state index contributed by atoms with van der Waals surface area (Å²) in [4.78, 5) is 19.8. The normalized spacial score (nSPS) is 17.8.